The Morgan fingerprint density at radius 3 is 1.14 bits per heavy atom. The molecule has 0 unspecified atom stereocenters. The Balaban J connectivity index is -0.00000000267. The van der Waals surface area contributed by atoms with Crippen LogP contribution in [0.4, 0.5) is 0 Å². The molecule has 0 aromatic rings. The van der Waals surface area contributed by atoms with Crippen LogP contribution in [0.1, 0.15) is 0 Å². The molecular weight excluding hydrogens is 187 g/mol. The molecule has 0 aliphatic rings. The van der Waals surface area contributed by atoms with Gasteiger partial charge in [-0.05, 0) is 0 Å². The normalized spacial score (nSPS) is 1.14. The molecule has 0 saturated carbocycles. The Morgan fingerprint density at radius 1 is 1.14 bits per heavy atom. The molecule has 0 aromatic carbocycles. The third kappa shape index (κ3) is 79.4. The summed E-state index contributed by atoms with van der Waals surface area (Å²) in [6.07, 6.45) is 0. The van der Waals surface area contributed by atoms with Gasteiger partial charge in [0.2, 0.25) is 0 Å². The number of hydrogen-bond donors (Lipinski definition) is 0. The van der Waals surface area contributed by atoms with Crippen molar-refractivity contribution < 1.29 is 34.5 Å². The van der Waals surface area contributed by atoms with Crippen LogP contribution in [0, 0.1) is 0 Å². The molecule has 42 valence electrons. The Kier molecular flexibility index (Phi) is 574. The van der Waals surface area contributed by atoms with Crippen LogP contribution in [0.5, 0.6) is 0 Å². The quantitative estimate of drug-likeness (QED) is 0.395. The molecule has 0 saturated heterocycles. The molecule has 0 amide bonds. The summed E-state index contributed by atoms with van der Waals surface area (Å²) in [7, 11) is 0. The minimum absolute atomic E-state index is 0. The van der Waals surface area contributed by atoms with Crippen LogP contribution in [0.2, 0.25) is 0 Å². The maximum absolute atomic E-state index is 8.28. The van der Waals surface area contributed by atoms with E-state index in [1.54, 1.807) is 0 Å². The van der Waals surface area contributed by atoms with Crippen molar-refractivity contribution in [2.24, 2.45) is 0 Å². The molecule has 7 heteroatoms. The maximum atomic E-state index is 8.28. The van der Waals surface area contributed by atoms with Gasteiger partial charge >= 0.3 is 77.5 Å². The van der Waals surface area contributed by atoms with Gasteiger partial charge in [0.25, 0.3) is 0 Å². The molecule has 0 fully saturated rings. The van der Waals surface area contributed by atoms with Gasteiger partial charge in [-0.25, -0.2) is 0 Å². The van der Waals surface area contributed by atoms with Crippen molar-refractivity contribution in [3.05, 3.63) is 0 Å². The fourth-order valence-electron chi connectivity index (χ4n) is 0. The first-order valence-electron chi connectivity index (χ1n) is 0.433. The minimum atomic E-state index is 0. The number of hydrogen-bond acceptors (Lipinski definition) is 3. The molecule has 7 heavy (non-hydrogen) atoms. The Hall–Kier alpha value is 1.83. The summed E-state index contributed by atoms with van der Waals surface area (Å²) in [4.78, 5) is 0. The van der Waals surface area contributed by atoms with Crippen molar-refractivity contribution in [1.29, 1.82) is 0 Å². The van der Waals surface area contributed by atoms with Gasteiger partial charge in [0, 0.05) is 0 Å². The summed E-state index contributed by atoms with van der Waals surface area (Å²) < 4.78 is 16.3. The van der Waals surface area contributed by atoms with E-state index in [1.807, 2.05) is 15.9 Å². The van der Waals surface area contributed by atoms with E-state index in [-0.39, 0.29) is 48.7 Å². The first-order chi connectivity index (χ1) is 2.00. The first kappa shape index (κ1) is 36.9. The van der Waals surface area contributed by atoms with Crippen LogP contribution in [0.3, 0.4) is 0 Å². The molecule has 0 rings (SSSR count). The van der Waals surface area contributed by atoms with Crippen LogP contribution < -0.4 is 0 Å². The van der Waals surface area contributed by atoms with Crippen LogP contribution in [-0.2, 0) is 23.6 Å². The Morgan fingerprint density at radius 2 is 1.14 bits per heavy atom. The summed E-state index contributed by atoms with van der Waals surface area (Å²) in [5.41, 5.74) is 0. The zero-order chi connectivity index (χ0) is 4.00. The van der Waals surface area contributed by atoms with Crippen molar-refractivity contribution >= 4 is 54.0 Å². The van der Waals surface area contributed by atoms with Gasteiger partial charge in [-0.15, -0.1) is 0 Å². The molecule has 0 spiro atoms. The predicted octanol–water partition coefficient (Wildman–Crippen LogP) is -2.54. The molecule has 0 aromatic heterocycles. The summed E-state index contributed by atoms with van der Waals surface area (Å²) in [6, 6.07) is 0. The zero-order valence-corrected chi connectivity index (χ0v) is 9.47. The van der Waals surface area contributed by atoms with Crippen LogP contribution >= 0.6 is 0 Å². The second kappa shape index (κ2) is 109. The average Bonchev–Trinajstić information content (AvgIpc) is 1.50. The second-order valence-corrected chi connectivity index (χ2v) is 0. The van der Waals surface area contributed by atoms with Gasteiger partial charge in [-0.3, -0.25) is 0 Å². The third-order valence-corrected chi connectivity index (χ3v) is 0. The summed E-state index contributed by atoms with van der Waals surface area (Å²) in [5, 5.41) is 0. The Labute approximate surface area is 87.3 Å². The monoisotopic (exact) mass is 192 g/mol. The Bertz CT molecular complexity index is 13.7. The molecule has 3 N–H and O–H groups in total. The first-order valence-corrected chi connectivity index (χ1v) is 1.46. The predicted molar refractivity (Wildman–Crippen MR) is 21.2 cm³/mol. The standard InChI is InChI=1S/Al.Ca.Fe.2H2O.2O.2H/h;;;2*1H2;;;;/q;+1;;;;;;;/p-1. The molecular formula is H5AlCaFeO4. The van der Waals surface area contributed by atoms with Crippen molar-refractivity contribution in [2.45, 2.75) is 0 Å². The summed E-state index contributed by atoms with van der Waals surface area (Å²) >= 11 is 2.61. The fraction of sp³-hybridized carbons (Fsp3) is 0. The van der Waals surface area contributed by atoms with Crippen molar-refractivity contribution in [3.8, 4) is 0 Å². The van der Waals surface area contributed by atoms with E-state index in [9.17, 15) is 0 Å². The van der Waals surface area contributed by atoms with E-state index >= 15 is 0 Å². The van der Waals surface area contributed by atoms with Gasteiger partial charge in [-0.1, -0.05) is 0 Å². The molecule has 0 aliphatic carbocycles. The van der Waals surface area contributed by atoms with E-state index in [4.69, 9.17) is 7.64 Å². The molecule has 0 bridgehead atoms. The molecule has 0 aliphatic heterocycles. The van der Waals surface area contributed by atoms with Crippen molar-refractivity contribution in [3.63, 3.8) is 0 Å². The second-order valence-electron chi connectivity index (χ2n) is 0. The van der Waals surface area contributed by atoms with Crippen LogP contribution in [0.25, 0.3) is 0 Å². The SMILES string of the molecule is O.[CaH+].[OH-].[O]=[AlH].[O]=[Fe]. The average molecular weight is 192 g/mol. The number of rotatable bonds is 0. The third-order valence-electron chi connectivity index (χ3n) is 0. The molecule has 0 atom stereocenters. The summed E-state index contributed by atoms with van der Waals surface area (Å²) in [5.74, 6) is 0. The molecule has 0 heterocycles. The van der Waals surface area contributed by atoms with Crippen LogP contribution in [0.15, 0.2) is 0 Å². The van der Waals surface area contributed by atoms with E-state index in [0.717, 1.165) is 0 Å². The molecule has 4 nitrogen and oxygen atoms in total. The van der Waals surface area contributed by atoms with E-state index in [1.165, 1.54) is 0 Å². The zero-order valence-electron chi connectivity index (χ0n) is 3.82. The van der Waals surface area contributed by atoms with Gasteiger partial charge in [0.15, 0.2) is 0 Å². The molecule has 0 radical (unpaired) electrons. The van der Waals surface area contributed by atoms with Gasteiger partial charge in [0.05, 0.1) is 0 Å². The van der Waals surface area contributed by atoms with Crippen molar-refractivity contribution in [1.82, 2.24) is 0 Å². The van der Waals surface area contributed by atoms with E-state index < -0.39 is 0 Å². The topological polar surface area (TPSA) is 95.6 Å². The fourth-order valence-corrected chi connectivity index (χ4v) is 0. The van der Waals surface area contributed by atoms with Crippen molar-refractivity contribution in [2.75, 3.05) is 0 Å². The van der Waals surface area contributed by atoms with E-state index in [0.29, 0.717) is 16.2 Å². The summed E-state index contributed by atoms with van der Waals surface area (Å²) in [6.45, 7) is 0. The van der Waals surface area contributed by atoms with Gasteiger partial charge in [0.1, 0.15) is 0 Å². The van der Waals surface area contributed by atoms with E-state index in [2.05, 4.69) is 0 Å². The van der Waals surface area contributed by atoms with Gasteiger partial charge in [-0.2, -0.15) is 0 Å². The van der Waals surface area contributed by atoms with Gasteiger partial charge < -0.3 is 11.0 Å². The van der Waals surface area contributed by atoms with Crippen LogP contribution in [-0.4, -0.2) is 64.9 Å².